The first kappa shape index (κ1) is 26.5. The van der Waals surface area contributed by atoms with Crippen molar-refractivity contribution < 1.29 is 19.2 Å². The first-order valence-corrected chi connectivity index (χ1v) is 13.5. The van der Waals surface area contributed by atoms with Crippen LogP contribution in [-0.2, 0) is 15.1 Å². The number of methoxy groups -OCH3 is 1. The van der Waals surface area contributed by atoms with Crippen LogP contribution in [0.3, 0.4) is 0 Å². The molecule has 38 heavy (non-hydrogen) atoms. The van der Waals surface area contributed by atoms with Crippen molar-refractivity contribution in [2.45, 2.75) is 63.9 Å². The SMILES string of the molecule is COC(=O)[C@H]1CC[C@H](c2nc(-c3cncc(C(O)(c4ccc(C(C)C)cc4)C4(C)CN(C)C4)c3)no2)CC1. The van der Waals surface area contributed by atoms with Crippen LogP contribution in [0.25, 0.3) is 11.4 Å². The number of likely N-dealkylation sites (tertiary alicyclic amines) is 1. The molecule has 1 aliphatic carbocycles. The lowest BCUT2D eigenvalue weighted by Gasteiger charge is -2.55. The van der Waals surface area contributed by atoms with Crippen molar-refractivity contribution in [3.05, 3.63) is 65.3 Å². The molecule has 8 heteroatoms. The predicted molar refractivity (Wildman–Crippen MR) is 143 cm³/mol. The van der Waals surface area contributed by atoms with E-state index < -0.39 is 5.60 Å². The van der Waals surface area contributed by atoms with Crippen molar-refractivity contribution in [1.82, 2.24) is 20.0 Å². The van der Waals surface area contributed by atoms with Gasteiger partial charge in [-0.1, -0.05) is 50.2 Å². The third-order valence-electron chi connectivity index (χ3n) is 8.57. The molecule has 2 fully saturated rings. The highest BCUT2D eigenvalue weighted by atomic mass is 16.5. The summed E-state index contributed by atoms with van der Waals surface area (Å²) in [5.41, 5.74) is 1.88. The fourth-order valence-corrected chi connectivity index (χ4v) is 6.37. The molecule has 0 radical (unpaired) electrons. The maximum absolute atomic E-state index is 12.5. The fourth-order valence-electron chi connectivity index (χ4n) is 6.37. The molecule has 3 heterocycles. The van der Waals surface area contributed by atoms with Crippen LogP contribution in [0.1, 0.15) is 80.9 Å². The van der Waals surface area contributed by atoms with E-state index in [0.717, 1.165) is 44.3 Å². The minimum Gasteiger partial charge on any atom is -0.469 e. The van der Waals surface area contributed by atoms with E-state index in [2.05, 4.69) is 55.0 Å². The summed E-state index contributed by atoms with van der Waals surface area (Å²) >= 11 is 0. The predicted octanol–water partition coefficient (Wildman–Crippen LogP) is 4.89. The van der Waals surface area contributed by atoms with E-state index in [-0.39, 0.29) is 23.2 Å². The molecule has 1 N–H and O–H groups in total. The van der Waals surface area contributed by atoms with E-state index >= 15 is 0 Å². The highest BCUT2D eigenvalue weighted by molar-refractivity contribution is 5.72. The first-order chi connectivity index (χ1) is 18.1. The zero-order chi connectivity index (χ0) is 27.1. The number of nitrogens with zero attached hydrogens (tertiary/aromatic N) is 4. The van der Waals surface area contributed by atoms with E-state index in [1.54, 1.807) is 12.4 Å². The zero-order valence-corrected chi connectivity index (χ0v) is 23.0. The molecule has 1 atom stereocenters. The number of carbonyl (C=O) groups excluding carboxylic acids is 1. The normalized spacial score (nSPS) is 23.0. The zero-order valence-electron chi connectivity index (χ0n) is 23.0. The maximum atomic E-state index is 12.5. The van der Waals surface area contributed by atoms with E-state index in [4.69, 9.17) is 14.2 Å². The second-order valence-corrected chi connectivity index (χ2v) is 11.7. The molecule has 0 bridgehead atoms. The third kappa shape index (κ3) is 4.64. The molecule has 5 rings (SSSR count). The van der Waals surface area contributed by atoms with Crippen LogP contribution in [-0.4, -0.2) is 58.3 Å². The van der Waals surface area contributed by atoms with Gasteiger partial charge in [0.15, 0.2) is 0 Å². The molecule has 1 saturated heterocycles. The molecular weight excluding hydrogens is 480 g/mol. The molecular formula is C30H38N4O4. The van der Waals surface area contributed by atoms with Gasteiger partial charge in [0.1, 0.15) is 5.60 Å². The van der Waals surface area contributed by atoms with E-state index in [9.17, 15) is 9.90 Å². The lowest BCUT2D eigenvalue weighted by Crippen LogP contribution is -2.63. The summed E-state index contributed by atoms with van der Waals surface area (Å²) in [7, 11) is 3.50. The van der Waals surface area contributed by atoms with Gasteiger partial charge in [0.2, 0.25) is 11.7 Å². The molecule has 3 aromatic rings. The molecule has 1 aliphatic heterocycles. The summed E-state index contributed by atoms with van der Waals surface area (Å²) in [6.07, 6.45) is 6.57. The standard InChI is InChI=1S/C30H38N4O4/c1-19(2)20-10-12-24(13-11-20)30(36,29(3)17-34(4)18-29)25-14-23(15-31-16-25)26-32-27(38-33-26)21-6-8-22(9-7-21)28(35)37-5/h10-16,19,21-22,36H,6-9,17-18H2,1-5H3/t21-,22-,30?. The van der Waals surface area contributed by atoms with Crippen LogP contribution in [0.4, 0.5) is 0 Å². The van der Waals surface area contributed by atoms with Crippen LogP contribution in [0.2, 0.25) is 0 Å². The number of aromatic nitrogens is 3. The number of hydrogen-bond donors (Lipinski definition) is 1. The number of pyridine rings is 1. The van der Waals surface area contributed by atoms with Crippen LogP contribution in [0.5, 0.6) is 0 Å². The summed E-state index contributed by atoms with van der Waals surface area (Å²) < 4.78 is 10.6. The van der Waals surface area contributed by atoms with Crippen molar-refractivity contribution in [1.29, 1.82) is 0 Å². The Hall–Kier alpha value is -3.10. The molecule has 1 saturated carbocycles. The lowest BCUT2D eigenvalue weighted by atomic mass is 9.62. The second-order valence-electron chi connectivity index (χ2n) is 11.7. The van der Waals surface area contributed by atoms with Crippen molar-refractivity contribution in [2.75, 3.05) is 27.2 Å². The Labute approximate surface area is 224 Å². The largest absolute Gasteiger partial charge is 0.469 e. The minimum absolute atomic E-state index is 0.0567. The number of rotatable bonds is 7. The Kier molecular flexibility index (Phi) is 7.13. The van der Waals surface area contributed by atoms with Gasteiger partial charge >= 0.3 is 5.97 Å². The van der Waals surface area contributed by atoms with E-state index in [0.29, 0.717) is 28.8 Å². The fraction of sp³-hybridized carbons (Fsp3) is 0.533. The van der Waals surface area contributed by atoms with Gasteiger partial charge in [-0.3, -0.25) is 9.78 Å². The maximum Gasteiger partial charge on any atom is 0.308 e. The number of carbonyl (C=O) groups is 1. The van der Waals surface area contributed by atoms with Gasteiger partial charge < -0.3 is 19.3 Å². The molecule has 2 aromatic heterocycles. The summed E-state index contributed by atoms with van der Waals surface area (Å²) in [6.45, 7) is 8.00. The van der Waals surface area contributed by atoms with Crippen LogP contribution >= 0.6 is 0 Å². The summed E-state index contributed by atoms with van der Waals surface area (Å²) in [6, 6.07) is 10.2. The van der Waals surface area contributed by atoms with Gasteiger partial charge in [0.05, 0.1) is 13.0 Å². The van der Waals surface area contributed by atoms with Gasteiger partial charge in [-0.2, -0.15) is 4.98 Å². The Morgan fingerprint density at radius 3 is 2.42 bits per heavy atom. The topological polar surface area (TPSA) is 102 Å². The van der Waals surface area contributed by atoms with Gasteiger partial charge in [-0.25, -0.2) is 0 Å². The summed E-state index contributed by atoms with van der Waals surface area (Å²) in [4.78, 5) is 23.3. The first-order valence-electron chi connectivity index (χ1n) is 13.5. The number of benzene rings is 1. The number of aliphatic hydroxyl groups is 1. The molecule has 1 unspecified atom stereocenters. The van der Waals surface area contributed by atoms with Gasteiger partial charge in [0, 0.05) is 47.9 Å². The van der Waals surface area contributed by atoms with Crippen LogP contribution < -0.4 is 0 Å². The number of ether oxygens (including phenoxy) is 1. The second kappa shape index (κ2) is 10.2. The average molecular weight is 519 g/mol. The smallest absolute Gasteiger partial charge is 0.308 e. The monoisotopic (exact) mass is 518 g/mol. The van der Waals surface area contributed by atoms with E-state index in [1.165, 1.54) is 12.7 Å². The molecule has 8 nitrogen and oxygen atoms in total. The molecule has 1 aromatic carbocycles. The van der Waals surface area contributed by atoms with Crippen molar-refractivity contribution >= 4 is 5.97 Å². The quantitative estimate of drug-likeness (QED) is 0.441. The third-order valence-corrected chi connectivity index (χ3v) is 8.57. The Morgan fingerprint density at radius 1 is 1.13 bits per heavy atom. The van der Waals surface area contributed by atoms with Crippen LogP contribution in [0, 0.1) is 11.3 Å². The highest BCUT2D eigenvalue weighted by Crippen LogP contribution is 2.50. The number of esters is 1. The van der Waals surface area contributed by atoms with Crippen molar-refractivity contribution in [3.8, 4) is 11.4 Å². The van der Waals surface area contributed by atoms with Gasteiger partial charge in [0.25, 0.3) is 0 Å². The number of hydrogen-bond acceptors (Lipinski definition) is 8. The average Bonchev–Trinajstić information content (AvgIpc) is 3.42. The summed E-state index contributed by atoms with van der Waals surface area (Å²) in [5.74, 6) is 1.37. The van der Waals surface area contributed by atoms with Gasteiger partial charge in [-0.05, 0) is 55.8 Å². The molecule has 202 valence electrons. The Bertz CT molecular complexity index is 1270. The molecule has 2 aliphatic rings. The van der Waals surface area contributed by atoms with Crippen LogP contribution in [0.15, 0.2) is 47.2 Å². The van der Waals surface area contributed by atoms with Crippen molar-refractivity contribution in [3.63, 3.8) is 0 Å². The van der Waals surface area contributed by atoms with Crippen molar-refractivity contribution in [2.24, 2.45) is 11.3 Å². The molecule has 0 spiro atoms. The Balaban J connectivity index is 1.44. The van der Waals surface area contributed by atoms with Gasteiger partial charge in [-0.15, -0.1) is 0 Å². The Morgan fingerprint density at radius 2 is 1.82 bits per heavy atom. The minimum atomic E-state index is -1.24. The summed E-state index contributed by atoms with van der Waals surface area (Å²) in [5, 5.41) is 16.7. The highest BCUT2D eigenvalue weighted by Gasteiger charge is 2.55. The molecule has 0 amide bonds. The lowest BCUT2D eigenvalue weighted by molar-refractivity contribution is -0.146. The van der Waals surface area contributed by atoms with E-state index in [1.807, 2.05) is 18.2 Å².